The molecular weight excluding hydrogens is 427 g/mol. The van der Waals surface area contributed by atoms with E-state index in [2.05, 4.69) is 29.6 Å². The van der Waals surface area contributed by atoms with Gasteiger partial charge >= 0.3 is 0 Å². The number of amides is 1. The first-order valence-electron chi connectivity index (χ1n) is 10.8. The van der Waals surface area contributed by atoms with Gasteiger partial charge in [-0.3, -0.25) is 9.78 Å². The molecule has 2 aromatic carbocycles. The van der Waals surface area contributed by atoms with Gasteiger partial charge in [0.05, 0.1) is 17.2 Å². The van der Waals surface area contributed by atoms with E-state index in [-0.39, 0.29) is 17.9 Å². The molecule has 2 aliphatic rings. The third kappa shape index (κ3) is 3.75. The van der Waals surface area contributed by atoms with Gasteiger partial charge in [0.25, 0.3) is 0 Å². The van der Waals surface area contributed by atoms with Crippen LogP contribution in [0.4, 0.5) is 0 Å². The van der Waals surface area contributed by atoms with Crippen LogP contribution in [0.2, 0.25) is 10.0 Å². The van der Waals surface area contributed by atoms with Gasteiger partial charge in [-0.1, -0.05) is 53.5 Å². The zero-order chi connectivity index (χ0) is 21.4. The highest BCUT2D eigenvalue weighted by Gasteiger charge is 2.57. The number of nitrogens with zero attached hydrogens (tertiary/aromatic N) is 1. The highest BCUT2D eigenvalue weighted by atomic mass is 35.5. The largest absolute Gasteiger partial charge is 0.351 e. The maximum Gasteiger partial charge on any atom is 0.220 e. The number of halogens is 2. The van der Waals surface area contributed by atoms with Crippen LogP contribution in [0.1, 0.15) is 48.4 Å². The minimum atomic E-state index is -0.436. The first-order chi connectivity index (χ1) is 15.1. The van der Waals surface area contributed by atoms with Gasteiger partial charge < -0.3 is 5.32 Å². The number of benzene rings is 2. The molecule has 2 heterocycles. The van der Waals surface area contributed by atoms with Crippen molar-refractivity contribution in [3.05, 3.63) is 99.8 Å². The van der Waals surface area contributed by atoms with E-state index in [1.807, 2.05) is 48.7 Å². The van der Waals surface area contributed by atoms with Crippen LogP contribution in [0.5, 0.6) is 0 Å². The number of carbonyl (C=O) groups is 1. The van der Waals surface area contributed by atoms with Gasteiger partial charge in [-0.05, 0) is 72.7 Å². The highest BCUT2D eigenvalue weighted by molar-refractivity contribution is 6.30. The fourth-order valence-corrected chi connectivity index (χ4v) is 5.71. The Morgan fingerprint density at radius 2 is 1.71 bits per heavy atom. The number of rotatable bonds is 5. The van der Waals surface area contributed by atoms with Crippen LogP contribution < -0.4 is 5.32 Å². The molecule has 1 saturated carbocycles. The van der Waals surface area contributed by atoms with Gasteiger partial charge in [-0.2, -0.15) is 0 Å². The Balaban J connectivity index is 1.74. The molecule has 31 heavy (non-hydrogen) atoms. The minimum absolute atomic E-state index is 0.0956. The zero-order valence-corrected chi connectivity index (χ0v) is 18.6. The van der Waals surface area contributed by atoms with E-state index in [1.54, 1.807) is 0 Å². The van der Waals surface area contributed by atoms with E-state index in [9.17, 15) is 4.79 Å². The Kier molecular flexibility index (Phi) is 5.49. The van der Waals surface area contributed by atoms with E-state index in [1.165, 1.54) is 0 Å². The second-order valence-corrected chi connectivity index (χ2v) is 9.48. The molecule has 158 valence electrons. The minimum Gasteiger partial charge on any atom is -0.351 e. The fraction of sp³-hybridized carbons (Fsp3) is 0.308. The summed E-state index contributed by atoms with van der Waals surface area (Å²) in [6, 6.07) is 22.1. The Morgan fingerprint density at radius 1 is 0.903 bits per heavy atom. The molecule has 1 aliphatic heterocycles. The first-order valence-corrected chi connectivity index (χ1v) is 11.6. The van der Waals surface area contributed by atoms with E-state index in [0.29, 0.717) is 17.4 Å². The molecule has 1 saturated heterocycles. The van der Waals surface area contributed by atoms with Crippen LogP contribution in [-0.2, 0) is 10.2 Å². The average molecular weight is 451 g/mol. The molecule has 1 aromatic heterocycles. The molecule has 5 heteroatoms. The number of hydrogen-bond donors (Lipinski definition) is 1. The van der Waals surface area contributed by atoms with Crippen molar-refractivity contribution in [2.75, 3.05) is 0 Å². The van der Waals surface area contributed by atoms with Crippen molar-refractivity contribution in [1.82, 2.24) is 10.3 Å². The predicted molar refractivity (Wildman–Crippen MR) is 125 cm³/mol. The van der Waals surface area contributed by atoms with Gasteiger partial charge in [0, 0.05) is 28.6 Å². The Hall–Kier alpha value is -2.36. The zero-order valence-electron chi connectivity index (χ0n) is 17.1. The van der Waals surface area contributed by atoms with Crippen LogP contribution in [0.25, 0.3) is 0 Å². The summed E-state index contributed by atoms with van der Waals surface area (Å²) in [5.41, 5.74) is 2.87. The molecular formula is C26H24Cl2N2O. The molecule has 2 fully saturated rings. The SMILES string of the molecule is O=C1CC[C@H](c2cccc(Cl)c2)[C@@H](C(c2ccc(Cl)cc2)(c2ccccn2)C2CC2)N1. The maximum atomic E-state index is 12.7. The molecule has 1 N–H and O–H groups in total. The molecule has 0 bridgehead atoms. The Morgan fingerprint density at radius 3 is 2.39 bits per heavy atom. The first kappa shape index (κ1) is 20.5. The summed E-state index contributed by atoms with van der Waals surface area (Å²) in [5.74, 6) is 0.626. The van der Waals surface area contributed by atoms with Crippen molar-refractivity contribution in [2.45, 2.75) is 43.1 Å². The number of aromatic nitrogens is 1. The lowest BCUT2D eigenvalue weighted by Crippen LogP contribution is -2.58. The average Bonchev–Trinajstić information content (AvgIpc) is 3.62. The molecule has 0 radical (unpaired) electrons. The van der Waals surface area contributed by atoms with E-state index in [0.717, 1.165) is 41.1 Å². The molecule has 0 spiro atoms. The van der Waals surface area contributed by atoms with Crippen LogP contribution in [0.15, 0.2) is 72.9 Å². The van der Waals surface area contributed by atoms with Crippen molar-refractivity contribution in [3.8, 4) is 0 Å². The van der Waals surface area contributed by atoms with Crippen molar-refractivity contribution in [2.24, 2.45) is 5.92 Å². The van der Waals surface area contributed by atoms with Gasteiger partial charge in [0.15, 0.2) is 0 Å². The molecule has 1 amide bonds. The number of piperidine rings is 1. The van der Waals surface area contributed by atoms with E-state index in [4.69, 9.17) is 28.2 Å². The van der Waals surface area contributed by atoms with Gasteiger partial charge in [-0.25, -0.2) is 0 Å². The third-order valence-electron chi connectivity index (χ3n) is 6.80. The lowest BCUT2D eigenvalue weighted by atomic mass is 9.61. The van der Waals surface area contributed by atoms with E-state index < -0.39 is 5.41 Å². The smallest absolute Gasteiger partial charge is 0.220 e. The van der Waals surface area contributed by atoms with Crippen LogP contribution in [0.3, 0.4) is 0 Å². The number of pyridine rings is 1. The summed E-state index contributed by atoms with van der Waals surface area (Å²) >= 11 is 12.6. The van der Waals surface area contributed by atoms with Crippen LogP contribution in [-0.4, -0.2) is 16.9 Å². The monoisotopic (exact) mass is 450 g/mol. The summed E-state index contributed by atoms with van der Waals surface area (Å²) in [5, 5.41) is 4.82. The lowest BCUT2D eigenvalue weighted by molar-refractivity contribution is -0.124. The van der Waals surface area contributed by atoms with Crippen molar-refractivity contribution < 1.29 is 4.79 Å². The predicted octanol–water partition coefficient (Wildman–Crippen LogP) is 6.15. The normalized spacial score (nSPS) is 23.1. The summed E-state index contributed by atoms with van der Waals surface area (Å²) < 4.78 is 0. The highest BCUT2D eigenvalue weighted by Crippen LogP contribution is 2.56. The summed E-state index contributed by atoms with van der Waals surface area (Å²) in [6.07, 6.45) is 5.35. The fourth-order valence-electron chi connectivity index (χ4n) is 5.38. The van der Waals surface area contributed by atoms with Crippen molar-refractivity contribution in [3.63, 3.8) is 0 Å². The second kappa shape index (κ2) is 8.29. The molecule has 3 nitrogen and oxygen atoms in total. The molecule has 3 aromatic rings. The number of carbonyl (C=O) groups excluding carboxylic acids is 1. The summed E-state index contributed by atoms with van der Waals surface area (Å²) in [6.45, 7) is 0. The van der Waals surface area contributed by atoms with Crippen LogP contribution >= 0.6 is 23.2 Å². The van der Waals surface area contributed by atoms with Crippen molar-refractivity contribution in [1.29, 1.82) is 0 Å². The standard InChI is InChI=1S/C26H24Cl2N2O/c27-20-11-9-19(10-12-20)26(18-7-8-18,23-6-1-2-15-29-23)25-22(13-14-24(31)30-25)17-4-3-5-21(28)16-17/h1-6,9-12,15-16,18,22,25H,7-8,13-14H2,(H,30,31)/t22-,25+,26?/m1/s1. The lowest BCUT2D eigenvalue weighted by Gasteiger charge is -2.47. The summed E-state index contributed by atoms with van der Waals surface area (Å²) in [4.78, 5) is 17.6. The maximum absolute atomic E-state index is 12.7. The molecule has 1 unspecified atom stereocenters. The topological polar surface area (TPSA) is 42.0 Å². The number of nitrogens with one attached hydrogen (secondary N) is 1. The molecule has 1 aliphatic carbocycles. The Bertz CT molecular complexity index is 1080. The van der Waals surface area contributed by atoms with E-state index >= 15 is 0 Å². The second-order valence-electron chi connectivity index (χ2n) is 8.61. The molecule has 5 rings (SSSR count). The van der Waals surface area contributed by atoms with Crippen molar-refractivity contribution >= 4 is 29.1 Å². The third-order valence-corrected chi connectivity index (χ3v) is 7.29. The van der Waals surface area contributed by atoms with Gasteiger partial charge in [0.2, 0.25) is 5.91 Å². The van der Waals surface area contributed by atoms with Gasteiger partial charge in [0.1, 0.15) is 0 Å². The number of hydrogen-bond acceptors (Lipinski definition) is 2. The van der Waals surface area contributed by atoms with Gasteiger partial charge in [-0.15, -0.1) is 0 Å². The Labute approximate surface area is 192 Å². The quantitative estimate of drug-likeness (QED) is 0.506. The summed E-state index contributed by atoms with van der Waals surface area (Å²) in [7, 11) is 0. The molecule has 3 atom stereocenters. The van der Waals surface area contributed by atoms with Crippen LogP contribution in [0, 0.1) is 5.92 Å².